The van der Waals surface area contributed by atoms with Gasteiger partial charge in [-0.3, -0.25) is 4.79 Å². The molecule has 1 fully saturated rings. The fourth-order valence-corrected chi connectivity index (χ4v) is 1.49. The van der Waals surface area contributed by atoms with Crippen molar-refractivity contribution in [3.8, 4) is 0 Å². The number of aliphatic hydroxyl groups is 1. The molecular formula is C7H13NO2. The minimum absolute atomic E-state index is 0.428. The van der Waals surface area contributed by atoms with Crippen molar-refractivity contribution in [1.29, 1.82) is 0 Å². The molecule has 58 valence electrons. The maximum Gasteiger partial charge on any atom is 0.249 e. The number of carbonyl (C=O) groups is 1. The second-order valence-electron chi connectivity index (χ2n) is 3.24. The lowest BCUT2D eigenvalue weighted by molar-refractivity contribution is -0.135. The topological polar surface area (TPSA) is 63.3 Å². The van der Waals surface area contributed by atoms with Gasteiger partial charge in [-0.05, 0) is 25.2 Å². The summed E-state index contributed by atoms with van der Waals surface area (Å²) in [7, 11) is 0. The third kappa shape index (κ3) is 1.14. The fourth-order valence-electron chi connectivity index (χ4n) is 1.49. The second kappa shape index (κ2) is 2.23. The van der Waals surface area contributed by atoms with E-state index in [1.54, 1.807) is 0 Å². The first-order valence-electron chi connectivity index (χ1n) is 3.57. The zero-order chi connectivity index (χ0) is 7.78. The molecule has 1 aliphatic carbocycles. The van der Waals surface area contributed by atoms with E-state index in [0.29, 0.717) is 18.8 Å². The van der Waals surface area contributed by atoms with Crippen LogP contribution >= 0.6 is 0 Å². The molecule has 3 N–H and O–H groups in total. The van der Waals surface area contributed by atoms with Crippen molar-refractivity contribution < 1.29 is 9.90 Å². The van der Waals surface area contributed by atoms with Crippen molar-refractivity contribution in [2.24, 2.45) is 11.7 Å². The summed E-state index contributed by atoms with van der Waals surface area (Å²) < 4.78 is 0. The Balaban J connectivity index is 2.63. The molecule has 0 aromatic heterocycles. The number of nitrogens with two attached hydrogens (primary N) is 1. The Labute approximate surface area is 60.2 Å². The van der Waals surface area contributed by atoms with Crippen molar-refractivity contribution in [3.63, 3.8) is 0 Å². The van der Waals surface area contributed by atoms with Crippen LogP contribution in [0.5, 0.6) is 0 Å². The summed E-state index contributed by atoms with van der Waals surface area (Å²) in [5, 5.41) is 9.46. The zero-order valence-electron chi connectivity index (χ0n) is 6.13. The predicted octanol–water partition coefficient (Wildman–Crippen LogP) is 0.0228. The Morgan fingerprint density at radius 2 is 2.40 bits per heavy atom. The molecule has 1 aliphatic rings. The van der Waals surface area contributed by atoms with Crippen LogP contribution in [-0.4, -0.2) is 16.6 Å². The number of primary amides is 1. The summed E-state index contributed by atoms with van der Waals surface area (Å²) in [6, 6.07) is 0. The van der Waals surface area contributed by atoms with Crippen molar-refractivity contribution >= 4 is 5.91 Å². The van der Waals surface area contributed by atoms with Gasteiger partial charge in [-0.2, -0.15) is 0 Å². The first-order chi connectivity index (χ1) is 4.54. The van der Waals surface area contributed by atoms with E-state index in [4.69, 9.17) is 5.73 Å². The average molecular weight is 143 g/mol. The van der Waals surface area contributed by atoms with Gasteiger partial charge in [-0.1, -0.05) is 6.92 Å². The summed E-state index contributed by atoms with van der Waals surface area (Å²) in [5.74, 6) is -0.144. The molecule has 0 aromatic rings. The molecule has 0 heterocycles. The van der Waals surface area contributed by atoms with E-state index in [0.717, 1.165) is 6.42 Å². The van der Waals surface area contributed by atoms with Crippen LogP contribution in [0.15, 0.2) is 0 Å². The molecule has 1 amide bonds. The van der Waals surface area contributed by atoms with Gasteiger partial charge in [-0.25, -0.2) is 0 Å². The van der Waals surface area contributed by atoms with Crippen LogP contribution in [-0.2, 0) is 4.79 Å². The van der Waals surface area contributed by atoms with Gasteiger partial charge in [0.2, 0.25) is 5.91 Å². The van der Waals surface area contributed by atoms with Gasteiger partial charge in [-0.15, -0.1) is 0 Å². The molecule has 0 bridgehead atoms. The third-order valence-electron chi connectivity index (χ3n) is 2.20. The van der Waals surface area contributed by atoms with Gasteiger partial charge in [0.1, 0.15) is 5.60 Å². The molecule has 3 nitrogen and oxygen atoms in total. The number of amides is 1. The predicted molar refractivity (Wildman–Crippen MR) is 37.2 cm³/mol. The quantitative estimate of drug-likeness (QED) is 0.543. The monoisotopic (exact) mass is 143 g/mol. The fraction of sp³-hybridized carbons (Fsp3) is 0.857. The highest BCUT2D eigenvalue weighted by atomic mass is 16.3. The minimum Gasteiger partial charge on any atom is -0.380 e. The molecule has 10 heavy (non-hydrogen) atoms. The van der Waals surface area contributed by atoms with Crippen LogP contribution in [0, 0.1) is 5.92 Å². The van der Waals surface area contributed by atoms with Crippen LogP contribution < -0.4 is 5.73 Å². The normalized spacial score (nSPS) is 40.0. The van der Waals surface area contributed by atoms with Crippen molar-refractivity contribution in [2.45, 2.75) is 31.8 Å². The molecule has 3 heteroatoms. The van der Waals surface area contributed by atoms with Crippen molar-refractivity contribution in [1.82, 2.24) is 0 Å². The molecule has 1 rings (SSSR count). The molecule has 2 atom stereocenters. The Hall–Kier alpha value is -0.570. The number of carbonyl (C=O) groups excluding carboxylic acids is 1. The van der Waals surface area contributed by atoms with E-state index in [2.05, 4.69) is 0 Å². The summed E-state index contributed by atoms with van der Waals surface area (Å²) >= 11 is 0. The van der Waals surface area contributed by atoms with E-state index in [-0.39, 0.29) is 0 Å². The van der Waals surface area contributed by atoms with Gasteiger partial charge in [0, 0.05) is 0 Å². The average Bonchev–Trinajstić information content (AvgIpc) is 2.13. The van der Waals surface area contributed by atoms with Crippen LogP contribution in [0.2, 0.25) is 0 Å². The Morgan fingerprint density at radius 1 is 1.80 bits per heavy atom. The molecule has 0 radical (unpaired) electrons. The largest absolute Gasteiger partial charge is 0.380 e. The highest BCUT2D eigenvalue weighted by Crippen LogP contribution is 2.33. The van der Waals surface area contributed by atoms with E-state index in [9.17, 15) is 9.90 Å². The van der Waals surface area contributed by atoms with E-state index in [1.807, 2.05) is 6.92 Å². The maximum absolute atomic E-state index is 10.6. The lowest BCUT2D eigenvalue weighted by atomic mass is 10.0. The second-order valence-corrected chi connectivity index (χ2v) is 3.24. The standard InChI is InChI=1S/C7H13NO2/c1-5-2-3-7(10,4-5)6(8)9/h5,10H,2-4H2,1H3,(H2,8,9). The van der Waals surface area contributed by atoms with E-state index < -0.39 is 11.5 Å². The van der Waals surface area contributed by atoms with Crippen molar-refractivity contribution in [3.05, 3.63) is 0 Å². The summed E-state index contributed by atoms with van der Waals surface area (Å²) in [6.07, 6.45) is 1.96. The first-order valence-corrected chi connectivity index (χ1v) is 3.57. The highest BCUT2D eigenvalue weighted by molar-refractivity contribution is 5.83. The van der Waals surface area contributed by atoms with Gasteiger partial charge < -0.3 is 10.8 Å². The van der Waals surface area contributed by atoms with Gasteiger partial charge in [0.05, 0.1) is 0 Å². The Bertz CT molecular complexity index is 158. The number of hydrogen-bond acceptors (Lipinski definition) is 2. The van der Waals surface area contributed by atoms with Gasteiger partial charge >= 0.3 is 0 Å². The number of hydrogen-bond donors (Lipinski definition) is 2. The summed E-state index contributed by atoms with van der Waals surface area (Å²) in [5.41, 5.74) is 3.81. The molecule has 0 aliphatic heterocycles. The van der Waals surface area contributed by atoms with Gasteiger partial charge in [0.15, 0.2) is 0 Å². The van der Waals surface area contributed by atoms with Crippen LogP contribution in [0.25, 0.3) is 0 Å². The summed E-state index contributed by atoms with van der Waals surface area (Å²) in [4.78, 5) is 10.6. The molecular weight excluding hydrogens is 130 g/mol. The highest BCUT2D eigenvalue weighted by Gasteiger charge is 2.40. The SMILES string of the molecule is CC1CCC(O)(C(N)=O)C1. The summed E-state index contributed by atoms with van der Waals surface area (Å²) in [6.45, 7) is 2.01. The maximum atomic E-state index is 10.6. The van der Waals surface area contributed by atoms with Crippen LogP contribution in [0.4, 0.5) is 0 Å². The lowest BCUT2D eigenvalue weighted by Crippen LogP contribution is -2.41. The van der Waals surface area contributed by atoms with Gasteiger partial charge in [0.25, 0.3) is 0 Å². The zero-order valence-corrected chi connectivity index (χ0v) is 6.13. The molecule has 0 spiro atoms. The van der Waals surface area contributed by atoms with Crippen molar-refractivity contribution in [2.75, 3.05) is 0 Å². The van der Waals surface area contributed by atoms with E-state index in [1.165, 1.54) is 0 Å². The molecule has 1 saturated carbocycles. The van der Waals surface area contributed by atoms with Crippen LogP contribution in [0.3, 0.4) is 0 Å². The lowest BCUT2D eigenvalue weighted by Gasteiger charge is -2.16. The third-order valence-corrected chi connectivity index (χ3v) is 2.20. The number of rotatable bonds is 1. The Kier molecular flexibility index (Phi) is 1.68. The van der Waals surface area contributed by atoms with Crippen LogP contribution in [0.1, 0.15) is 26.2 Å². The minimum atomic E-state index is -1.20. The molecule has 0 aromatic carbocycles. The first kappa shape index (κ1) is 7.54. The smallest absolute Gasteiger partial charge is 0.249 e. The molecule has 2 unspecified atom stereocenters. The molecule has 0 saturated heterocycles. The van der Waals surface area contributed by atoms with E-state index >= 15 is 0 Å². The Morgan fingerprint density at radius 3 is 2.60 bits per heavy atom.